The van der Waals surface area contributed by atoms with Crippen molar-refractivity contribution >= 4 is 148 Å². The van der Waals surface area contributed by atoms with E-state index in [9.17, 15) is 19.8 Å². The number of hydrogen-bond acceptors (Lipinski definition) is 8. The number of nitrogens with zero attached hydrogens (tertiary/aromatic N) is 2. The Morgan fingerprint density at radius 1 is 0.305 bits per heavy atom. The average molecular weight is 1690 g/mol. The van der Waals surface area contributed by atoms with Gasteiger partial charge in [-0.05, 0) is 241 Å². The van der Waals surface area contributed by atoms with E-state index in [1.165, 1.54) is 186 Å². The zero-order valence-corrected chi connectivity index (χ0v) is 79.3. The summed E-state index contributed by atoms with van der Waals surface area (Å²) in [5, 5.41) is 54.3. The van der Waals surface area contributed by atoms with Gasteiger partial charge in [0.2, 0.25) is 0 Å². The van der Waals surface area contributed by atoms with Crippen LogP contribution in [0.3, 0.4) is 0 Å². The van der Waals surface area contributed by atoms with Gasteiger partial charge in [-0.25, -0.2) is 0 Å². The van der Waals surface area contributed by atoms with Crippen molar-refractivity contribution in [2.24, 2.45) is 0 Å². The molecule has 4 aliphatic heterocycles. The molecule has 6 heterocycles. The molecule has 8 aromatic rings. The summed E-state index contributed by atoms with van der Waals surface area (Å²) in [6.45, 7) is 59.1. The fourth-order valence-electron chi connectivity index (χ4n) is 15.1. The molecule has 16 nitrogen and oxygen atoms in total. The van der Waals surface area contributed by atoms with Gasteiger partial charge in [-0.3, -0.25) is 0 Å². The number of fused-ring (bicyclic) bond motifs is 2. The molecule has 118 heavy (non-hydrogen) atoms. The number of hydrogen-bond donors (Lipinski definition) is 10. The predicted octanol–water partition coefficient (Wildman–Crippen LogP) is 22.5. The summed E-state index contributed by atoms with van der Waals surface area (Å²) in [5.74, 6) is -2.28. The van der Waals surface area contributed by atoms with Gasteiger partial charge in [0.1, 0.15) is 0 Å². The molecule has 0 unspecified atom stereocenters. The Balaban J connectivity index is 0.000000398. The van der Waals surface area contributed by atoms with Crippen molar-refractivity contribution in [2.75, 3.05) is 73.6 Å². The second kappa shape index (κ2) is 47.7. The Labute approximate surface area is 732 Å². The minimum atomic E-state index is -1.14. The number of aromatic nitrogens is 2. The van der Waals surface area contributed by atoms with Gasteiger partial charge in [0.15, 0.2) is 20.4 Å². The van der Waals surface area contributed by atoms with E-state index in [0.717, 1.165) is 88.6 Å². The normalized spacial score (nSPS) is 13.6. The number of carboxylic acids is 2. The Bertz CT molecular complexity index is 3930. The van der Waals surface area contributed by atoms with Crippen LogP contribution in [0, 0.1) is 0 Å². The number of anilines is 4. The van der Waals surface area contributed by atoms with Crippen molar-refractivity contribution in [3.8, 4) is 0 Å². The Hall–Kier alpha value is -7.46. The van der Waals surface area contributed by atoms with Gasteiger partial charge in [-0.2, -0.15) is 0 Å². The maximum atomic E-state index is 9.77. The van der Waals surface area contributed by atoms with Crippen molar-refractivity contribution in [3.05, 3.63) is 142 Å². The van der Waals surface area contributed by atoms with Gasteiger partial charge in [0.05, 0.1) is 97.2 Å². The second-order valence-electron chi connectivity index (χ2n) is 37.2. The van der Waals surface area contributed by atoms with Crippen LogP contribution in [0.25, 0.3) is 43.6 Å². The van der Waals surface area contributed by atoms with Crippen LogP contribution in [-0.2, 0) is 57.4 Å². The summed E-state index contributed by atoms with van der Waals surface area (Å²) in [7, 11) is 0. The summed E-state index contributed by atoms with van der Waals surface area (Å²) in [6, 6.07) is 35.1. The van der Waals surface area contributed by atoms with Gasteiger partial charge in [0, 0.05) is 59.7 Å². The maximum Gasteiger partial charge on any atom is 0.171 e. The topological polar surface area (TPSA) is 208 Å². The van der Waals surface area contributed by atoms with Crippen molar-refractivity contribution in [3.63, 3.8) is 0 Å². The lowest BCUT2D eigenvalue weighted by atomic mass is 9.84. The van der Waals surface area contributed by atoms with Crippen LogP contribution >= 0.6 is 48.9 Å². The molecule has 0 fully saturated rings. The molecule has 0 aliphatic carbocycles. The molecule has 6 aromatic carbocycles. The number of benzene rings is 6. The lowest BCUT2D eigenvalue weighted by Gasteiger charge is -2.39. The van der Waals surface area contributed by atoms with Crippen LogP contribution in [0.15, 0.2) is 97.1 Å². The highest BCUT2D eigenvalue weighted by Crippen LogP contribution is 2.43. The summed E-state index contributed by atoms with van der Waals surface area (Å²) < 4.78 is 2.84. The molecule has 12 rings (SSSR count). The first-order chi connectivity index (χ1) is 55.9. The highest BCUT2D eigenvalue weighted by atomic mass is 32.1. The highest BCUT2D eigenvalue weighted by molar-refractivity contribution is 7.81. The summed E-state index contributed by atoms with van der Waals surface area (Å²) in [5.41, 5.74) is 16.2. The van der Waals surface area contributed by atoms with E-state index in [0.29, 0.717) is 59.5 Å². The van der Waals surface area contributed by atoms with E-state index in [1.54, 1.807) is 0 Å². The Kier molecular flexibility index (Phi) is 40.1. The summed E-state index contributed by atoms with van der Waals surface area (Å²) >= 11 is 24.0. The molecule has 0 atom stereocenters. The van der Waals surface area contributed by atoms with Gasteiger partial charge < -0.3 is 81.3 Å². The molecular weight excluding hydrogens is 1540 g/mol. The molecule has 20 heteroatoms. The van der Waals surface area contributed by atoms with Crippen molar-refractivity contribution < 1.29 is 28.8 Å². The molecular formula is C98H150N12O4S4. The predicted molar refractivity (Wildman–Crippen MR) is 519 cm³/mol. The molecule has 0 radical (unpaired) electrons. The number of aliphatic carboxylic acids is 2. The molecule has 0 spiro atoms. The van der Waals surface area contributed by atoms with Crippen molar-refractivity contribution in [1.29, 1.82) is 0 Å². The molecule has 0 saturated carbocycles. The van der Waals surface area contributed by atoms with Gasteiger partial charge >= 0.3 is 0 Å². The SMILES string of the molecule is CC(C)(C)c1cc2c3[nH]c4c(cc(C(C)(C)C)cc4c3c1)NC(=S)NCc1ccc(cc1)CNC(=S)Nc1cc(C(C)(C)C)cc3c1[nH]c1c(cc(C(C)(C)C)cc13)NC(=S)NCc1ccc(cc1)CNC(=S)N2.CCCC[N+](CCCC)(CCCC)CCCC.CCCC[N+](CCCC)(CCCC)CCCC.O=C([O-])CCCCC(=O)[O-]. The Morgan fingerprint density at radius 2 is 0.483 bits per heavy atom. The van der Waals surface area contributed by atoms with Gasteiger partial charge in [-0.15, -0.1) is 0 Å². The van der Waals surface area contributed by atoms with Crippen molar-refractivity contribution in [1.82, 2.24) is 31.2 Å². The average Bonchev–Trinajstić information content (AvgIpc) is 1.59. The number of nitrogens with one attached hydrogen (secondary N) is 10. The van der Waals surface area contributed by atoms with Gasteiger partial charge in [0.25, 0.3) is 0 Å². The van der Waals surface area contributed by atoms with Crippen LogP contribution in [-0.4, -0.2) is 104 Å². The van der Waals surface area contributed by atoms with Gasteiger partial charge in [-0.1, -0.05) is 238 Å². The van der Waals surface area contributed by atoms with Crippen LogP contribution in [0.2, 0.25) is 0 Å². The number of H-pyrrole nitrogens is 2. The second-order valence-corrected chi connectivity index (χ2v) is 38.8. The first-order valence-corrected chi connectivity index (χ1v) is 46.2. The first-order valence-electron chi connectivity index (χ1n) is 44.6. The van der Waals surface area contributed by atoms with Crippen LogP contribution in [0.1, 0.15) is 311 Å². The smallest absolute Gasteiger partial charge is 0.171 e. The van der Waals surface area contributed by atoms with E-state index in [1.807, 2.05) is 0 Å². The fourth-order valence-corrected chi connectivity index (χ4v) is 15.8. The highest BCUT2D eigenvalue weighted by Gasteiger charge is 2.29. The van der Waals surface area contributed by atoms with Crippen molar-refractivity contribution in [2.45, 2.75) is 315 Å². The van der Waals surface area contributed by atoms with E-state index >= 15 is 0 Å². The molecule has 0 amide bonds. The monoisotopic (exact) mass is 1690 g/mol. The van der Waals surface area contributed by atoms with E-state index in [4.69, 9.17) is 48.9 Å². The molecule has 650 valence electrons. The number of carbonyl (C=O) groups excluding carboxylic acids is 2. The molecule has 8 bridgehead atoms. The van der Waals surface area contributed by atoms with E-state index in [2.05, 4.69) is 288 Å². The number of aromatic amines is 2. The number of thiocarbonyl (C=S) groups is 4. The summed E-state index contributed by atoms with van der Waals surface area (Å²) in [4.78, 5) is 27.1. The number of carboxylic acid groups (broad SMARTS) is 2. The number of unbranched alkanes of at least 4 members (excludes halogenated alkanes) is 9. The largest absolute Gasteiger partial charge is 0.550 e. The molecule has 0 saturated heterocycles. The quantitative estimate of drug-likeness (QED) is 0.0120. The lowest BCUT2D eigenvalue weighted by molar-refractivity contribution is -0.929. The third-order valence-electron chi connectivity index (χ3n) is 22.8. The number of rotatable bonds is 29. The molecule has 2 aromatic heterocycles. The number of quaternary nitrogens is 2. The minimum absolute atomic E-state index is 0.0761. The molecule has 4 aliphatic rings. The van der Waals surface area contributed by atoms with Crippen LogP contribution in [0.5, 0.6) is 0 Å². The Morgan fingerprint density at radius 3 is 0.636 bits per heavy atom. The van der Waals surface area contributed by atoms with E-state index in [-0.39, 0.29) is 34.5 Å². The van der Waals surface area contributed by atoms with E-state index < -0.39 is 11.9 Å². The minimum Gasteiger partial charge on any atom is -0.550 e. The number of carbonyl (C=O) groups is 2. The fraction of sp³-hybridized carbons (Fsp3) is 0.571. The standard InChI is InChI=1S/C60H70N10S4.2C16H36N.C6H10O4/c1-57(2,3)37-21-41-42-22-38(58(4,5)6)26-46-50(42)69-49(41)45(25-37)65-53(71)61-29-33-13-15-34(16-14-33)31-63-55(73)67-47-27-39(59(7,8)9)23-43-44-24-40(60(10,11)12)28-48(52(44)70-51(43)47)68-56(74)64-32-36-19-17-35(18-20-36)30-62-54(72)66-46;2*1-5-9-13-17(14-10-6-2,15-11-7-3)16-12-8-4;7-5(8)3-1-2-4-6(9)10/h13-28,69-70H,29-32H2,1-12H3,(H2,61,65,71)(H2,62,66,72)(H2,63,67,73)(H2,64,68,74);2*5-16H2,1-4H3;1-4H2,(H,7,8)(H,9,10)/q;2*+1;/p-2. The zero-order chi connectivity index (χ0) is 87.0. The first kappa shape index (κ1) is 99.4. The maximum absolute atomic E-state index is 9.77. The third-order valence-corrected chi connectivity index (χ3v) is 23.8. The molecule has 10 N–H and O–H groups in total. The van der Waals surface area contributed by atoms with Crippen LogP contribution < -0.4 is 52.7 Å². The van der Waals surface area contributed by atoms with Crippen LogP contribution in [0.4, 0.5) is 22.7 Å². The third kappa shape index (κ3) is 31.5. The lowest BCUT2D eigenvalue weighted by Crippen LogP contribution is -2.50. The summed E-state index contributed by atoms with van der Waals surface area (Å²) in [6.07, 6.45) is 22.7. The zero-order valence-electron chi connectivity index (χ0n) is 76.0.